The molecule has 0 aliphatic heterocycles. The maximum Gasteiger partial charge on any atom is 0.406 e. The summed E-state index contributed by atoms with van der Waals surface area (Å²) in [4.78, 5) is 0. The fourth-order valence-corrected chi connectivity index (χ4v) is 40.1. The quantitative estimate of drug-likeness (QED) is 0.0456. The van der Waals surface area contributed by atoms with Gasteiger partial charge in [-0.3, -0.25) is 0 Å². The lowest BCUT2D eigenvalue weighted by molar-refractivity contribution is -0.431. The van der Waals surface area contributed by atoms with Crippen LogP contribution in [0.3, 0.4) is 0 Å². The van der Waals surface area contributed by atoms with Crippen LogP contribution in [-0.2, 0) is 10.8 Å². The van der Waals surface area contributed by atoms with Gasteiger partial charge in [-0.2, -0.15) is 52.7 Å². The van der Waals surface area contributed by atoms with Crippen LogP contribution in [0.15, 0.2) is 437 Å². The van der Waals surface area contributed by atoms with Gasteiger partial charge in [-0.15, -0.1) is 0 Å². The average molecular weight is 1650 g/mol. The molecule has 16 aromatic carbocycles. The van der Waals surface area contributed by atoms with Gasteiger partial charge in [0.2, 0.25) is 5.41 Å². The Balaban J connectivity index is 1.10. The number of alkyl halides is 12. The summed E-state index contributed by atoms with van der Waals surface area (Å²) >= 11 is 0. The summed E-state index contributed by atoms with van der Waals surface area (Å²) in [7, 11) is -17.9. The Kier molecular flexibility index (Phi) is 19.3. The Morgan fingerprint density at radius 1 is 0.151 bits per heavy atom. The normalized spacial score (nSPS) is 14.0. The molecular formula is C103H72F12Si4. The highest BCUT2D eigenvalue weighted by Crippen LogP contribution is 2.82. The molecule has 2 aliphatic rings. The van der Waals surface area contributed by atoms with Crippen LogP contribution in [-0.4, -0.2) is 57.0 Å². The molecule has 0 saturated carbocycles. The maximum atomic E-state index is 20.6. The van der Waals surface area contributed by atoms with Crippen LogP contribution >= 0.6 is 0 Å². The summed E-state index contributed by atoms with van der Waals surface area (Å²) in [5.74, 6) is 0. The van der Waals surface area contributed by atoms with E-state index < -0.39 is 118 Å². The Morgan fingerprint density at radius 3 is 0.387 bits per heavy atom. The van der Waals surface area contributed by atoms with E-state index >= 15 is 52.7 Å². The lowest BCUT2D eigenvalue weighted by Gasteiger charge is -2.60. The molecule has 0 N–H and O–H groups in total. The van der Waals surface area contributed by atoms with Crippen molar-refractivity contribution in [1.82, 2.24) is 0 Å². The van der Waals surface area contributed by atoms with Gasteiger partial charge in [-0.05, 0) is 127 Å². The smallest absolute Gasteiger partial charge is 0.170 e. The highest BCUT2D eigenvalue weighted by atomic mass is 28.3. The molecular weight excluding hydrogens is 1580 g/mol. The molecule has 0 saturated heterocycles. The second-order valence-electron chi connectivity index (χ2n) is 30.7. The topological polar surface area (TPSA) is 0 Å². The molecule has 18 rings (SSSR count). The predicted molar refractivity (Wildman–Crippen MR) is 466 cm³/mol. The minimum atomic E-state index is -7.69. The fraction of sp³-hybridized carbons (Fsp3) is 0.0680. The van der Waals surface area contributed by atoms with E-state index in [1.165, 1.54) is 24.3 Å². The standard InChI is InChI=1S/C103H72F12Si4/c104-100(105,106)97(93-69-85(116(73-37-13-1-14-38-73,74-39-15-2-16-40-74)75-41-17-3-18-42-75)61-65-89(93)90-66-62-86(70-94(90)97)117(76-43-19-4-20-44-76,77-45-21-5-22-46-77)78-47-23-6-24-48-78)99(102(110,111)112,103(113,114)115)98(101(107,108)109)95-71-87(118(79-49-25-7-26-50-79,80-51-27-8-28-52-80)81-53-29-9-30-54-81)63-67-91(95)92-68-64-88(72-96(92)98)119(82-55-31-10-32-56-82,83-57-33-11-34-58-83)84-59-35-12-36-60-84/h1-72H. The third-order valence-electron chi connectivity index (χ3n) is 25.3. The van der Waals surface area contributed by atoms with Gasteiger partial charge >= 0.3 is 24.7 Å². The molecule has 16 aromatic rings. The summed E-state index contributed by atoms with van der Waals surface area (Å²) < 4.78 is 247. The van der Waals surface area contributed by atoms with Crippen molar-refractivity contribution in [2.75, 3.05) is 0 Å². The zero-order chi connectivity index (χ0) is 82.3. The van der Waals surface area contributed by atoms with Crippen LogP contribution < -0.4 is 83.0 Å². The maximum absolute atomic E-state index is 20.6. The summed E-state index contributed by atoms with van der Waals surface area (Å²) in [5.41, 5.74) is -28.8. The number of halogens is 12. The number of benzene rings is 16. The Hall–Kier alpha value is -12.5. The SMILES string of the molecule is FC(F)(F)C1(C(C(F)(F)F)(C(F)(F)F)C2(C(F)(F)F)c3cc([Si](c4ccccc4)(c4ccccc4)c4ccccc4)ccc3-c3ccc([Si](c4ccccc4)(c4ccccc4)c4ccccc4)cc32)c2cc([Si](c3ccccc3)(c3ccccc3)c3ccccc3)ccc2-c2ccc([Si](c3ccccc3)(c3ccccc3)c3ccccc3)cc21. The molecule has 2 aliphatic carbocycles. The molecule has 0 bridgehead atoms. The molecule has 0 radical (unpaired) electrons. The van der Waals surface area contributed by atoms with E-state index in [9.17, 15) is 0 Å². The van der Waals surface area contributed by atoms with Crippen molar-refractivity contribution >= 4 is 115 Å². The molecule has 0 atom stereocenters. The Morgan fingerprint density at radius 2 is 0.277 bits per heavy atom. The van der Waals surface area contributed by atoms with Crippen molar-refractivity contribution in [3.8, 4) is 22.3 Å². The minimum absolute atomic E-state index is 0.145. The highest BCUT2D eigenvalue weighted by Gasteiger charge is 2.98. The van der Waals surface area contributed by atoms with Crippen molar-refractivity contribution < 1.29 is 52.7 Å². The van der Waals surface area contributed by atoms with Crippen LogP contribution in [0.1, 0.15) is 22.3 Å². The lowest BCUT2D eigenvalue weighted by Crippen LogP contribution is -2.80. The molecule has 584 valence electrons. The van der Waals surface area contributed by atoms with Crippen molar-refractivity contribution in [2.45, 2.75) is 35.5 Å². The lowest BCUT2D eigenvalue weighted by atomic mass is 9.43. The molecule has 16 heteroatoms. The van der Waals surface area contributed by atoms with Crippen LogP contribution in [0.2, 0.25) is 0 Å². The molecule has 0 fully saturated rings. The van der Waals surface area contributed by atoms with Gasteiger partial charge in [0, 0.05) is 0 Å². The van der Waals surface area contributed by atoms with E-state index in [0.29, 0.717) is 62.2 Å². The average Bonchev–Trinajstić information content (AvgIpc) is 1.49. The van der Waals surface area contributed by atoms with Gasteiger partial charge in [0.05, 0.1) is 0 Å². The Labute approximate surface area is 685 Å². The van der Waals surface area contributed by atoms with Gasteiger partial charge in [-0.1, -0.05) is 437 Å². The van der Waals surface area contributed by atoms with Crippen molar-refractivity contribution in [3.63, 3.8) is 0 Å². The number of hydrogen-bond donors (Lipinski definition) is 0. The first-order valence-electron chi connectivity index (χ1n) is 39.1. The molecule has 119 heavy (non-hydrogen) atoms. The molecule has 0 unspecified atom stereocenters. The van der Waals surface area contributed by atoms with Gasteiger partial charge in [0.1, 0.15) is 10.8 Å². The van der Waals surface area contributed by atoms with Gasteiger partial charge in [0.25, 0.3) is 0 Å². The second-order valence-corrected chi connectivity index (χ2v) is 45.9. The van der Waals surface area contributed by atoms with Gasteiger partial charge < -0.3 is 0 Å². The fourth-order valence-electron chi connectivity index (χ4n) is 21.0. The van der Waals surface area contributed by atoms with Gasteiger partial charge in [0.15, 0.2) is 32.3 Å². The van der Waals surface area contributed by atoms with Crippen molar-refractivity contribution in [3.05, 3.63) is 459 Å². The van der Waals surface area contributed by atoms with E-state index in [1.54, 1.807) is 364 Å². The predicted octanol–water partition coefficient (Wildman–Crippen LogP) is 15.7. The third kappa shape index (κ3) is 11.2. The minimum Gasteiger partial charge on any atom is -0.170 e. The molecule has 0 heterocycles. The zero-order valence-electron chi connectivity index (χ0n) is 63.6. The zero-order valence-corrected chi connectivity index (χ0v) is 67.6. The third-order valence-corrected chi connectivity index (χ3v) is 44.4. The Bertz CT molecular complexity index is 5200. The summed E-state index contributed by atoms with van der Waals surface area (Å²) in [6.07, 6.45) is -29.5. The first-order chi connectivity index (χ1) is 57.6. The van der Waals surface area contributed by atoms with Crippen molar-refractivity contribution in [1.29, 1.82) is 0 Å². The van der Waals surface area contributed by atoms with Crippen LogP contribution in [0.5, 0.6) is 0 Å². The summed E-state index contributed by atoms with van der Waals surface area (Å²) in [6, 6.07) is 116. The molecule has 0 nitrogen and oxygen atoms in total. The van der Waals surface area contributed by atoms with E-state index in [0.717, 1.165) is 48.5 Å². The number of hydrogen-bond acceptors (Lipinski definition) is 0. The number of rotatable bonds is 18. The van der Waals surface area contributed by atoms with E-state index in [2.05, 4.69) is 0 Å². The summed E-state index contributed by atoms with van der Waals surface area (Å²) in [6.45, 7) is 0. The molecule has 0 spiro atoms. The first kappa shape index (κ1) is 77.8. The van der Waals surface area contributed by atoms with E-state index in [4.69, 9.17) is 0 Å². The van der Waals surface area contributed by atoms with Crippen molar-refractivity contribution in [2.24, 2.45) is 5.41 Å². The summed E-state index contributed by atoms with van der Waals surface area (Å²) in [5, 5.41) is 4.82. The number of fused-ring (bicyclic) bond motifs is 6. The van der Waals surface area contributed by atoms with Crippen LogP contribution in [0.25, 0.3) is 22.3 Å². The first-order valence-corrected chi connectivity index (χ1v) is 47.1. The largest absolute Gasteiger partial charge is 0.406 e. The highest BCUT2D eigenvalue weighted by molar-refractivity contribution is 7.22. The van der Waals surface area contributed by atoms with Crippen LogP contribution in [0, 0.1) is 5.41 Å². The van der Waals surface area contributed by atoms with Crippen LogP contribution in [0.4, 0.5) is 52.7 Å². The molecule has 0 amide bonds. The second kappa shape index (κ2) is 29.6. The van der Waals surface area contributed by atoms with E-state index in [-0.39, 0.29) is 20.7 Å². The van der Waals surface area contributed by atoms with E-state index in [1.807, 2.05) is 0 Å². The van der Waals surface area contributed by atoms with Gasteiger partial charge in [-0.25, -0.2) is 0 Å². The monoisotopic (exact) mass is 1650 g/mol. The molecule has 0 aromatic heterocycles.